The number of rotatable bonds is 3. The molecule has 0 aromatic carbocycles. The molecule has 0 radical (unpaired) electrons. The van der Waals surface area contributed by atoms with E-state index in [9.17, 15) is 18.3 Å². The van der Waals surface area contributed by atoms with E-state index in [1.54, 1.807) is 6.92 Å². The summed E-state index contributed by atoms with van der Waals surface area (Å²) in [6, 6.07) is -0.202. The topological polar surface area (TPSA) is 74.7 Å². The van der Waals surface area contributed by atoms with E-state index in [2.05, 4.69) is 0 Å². The van der Waals surface area contributed by atoms with Crippen molar-refractivity contribution >= 4 is 15.6 Å². The molecule has 98 valence electrons. The first kappa shape index (κ1) is 13.0. The van der Waals surface area contributed by atoms with Gasteiger partial charge in [-0.3, -0.25) is 9.69 Å². The number of carbonyl (C=O) groups is 1. The number of hydrogen-bond acceptors (Lipinski definition) is 5. The summed E-state index contributed by atoms with van der Waals surface area (Å²) < 4.78 is 23.0. The number of aliphatic hydroxyl groups excluding tert-OH is 1. The first-order valence-corrected chi connectivity index (χ1v) is 7.85. The van der Waals surface area contributed by atoms with Gasteiger partial charge in [-0.15, -0.1) is 0 Å². The molecular weight excluding hydrogens is 242 g/mol. The first-order valence-electron chi connectivity index (χ1n) is 6.03. The zero-order chi connectivity index (χ0) is 12.6. The average Bonchev–Trinajstić information content (AvgIpc) is 2.69. The minimum atomic E-state index is -3.11. The molecule has 3 atom stereocenters. The Morgan fingerprint density at radius 3 is 2.65 bits per heavy atom. The number of sulfone groups is 1. The minimum absolute atomic E-state index is 0.0303. The van der Waals surface area contributed by atoms with Crippen LogP contribution in [-0.2, 0) is 14.6 Å². The third kappa shape index (κ3) is 2.86. The van der Waals surface area contributed by atoms with Gasteiger partial charge in [0.1, 0.15) is 5.78 Å². The van der Waals surface area contributed by atoms with Crippen molar-refractivity contribution in [3.63, 3.8) is 0 Å². The Bertz CT molecular complexity index is 406. The smallest absolute Gasteiger partial charge is 0.154 e. The molecule has 2 fully saturated rings. The van der Waals surface area contributed by atoms with E-state index in [0.29, 0.717) is 6.42 Å². The van der Waals surface area contributed by atoms with Gasteiger partial charge >= 0.3 is 0 Å². The fraction of sp³-hybridized carbons (Fsp3) is 0.909. The summed E-state index contributed by atoms with van der Waals surface area (Å²) >= 11 is 0. The SMILES string of the molecule is CC(=O)CC1CCCN1C1CS(=O)(=O)CC1O. The zero-order valence-electron chi connectivity index (χ0n) is 10.0. The van der Waals surface area contributed by atoms with Gasteiger partial charge in [0.25, 0.3) is 0 Å². The van der Waals surface area contributed by atoms with Gasteiger partial charge in [0, 0.05) is 12.5 Å². The maximum atomic E-state index is 11.5. The molecule has 0 aromatic heterocycles. The summed E-state index contributed by atoms with van der Waals surface area (Å²) in [7, 11) is -3.11. The van der Waals surface area contributed by atoms with Crippen LogP contribution >= 0.6 is 0 Å². The first-order chi connectivity index (χ1) is 7.89. The van der Waals surface area contributed by atoms with Crippen LogP contribution in [0.5, 0.6) is 0 Å². The lowest BCUT2D eigenvalue weighted by Gasteiger charge is -2.31. The molecule has 3 unspecified atom stereocenters. The van der Waals surface area contributed by atoms with Crippen molar-refractivity contribution in [2.45, 2.75) is 44.4 Å². The molecule has 6 heteroatoms. The van der Waals surface area contributed by atoms with Crippen LogP contribution in [0.25, 0.3) is 0 Å². The largest absolute Gasteiger partial charge is 0.390 e. The highest BCUT2D eigenvalue weighted by Gasteiger charge is 2.43. The lowest BCUT2D eigenvalue weighted by molar-refractivity contribution is -0.118. The van der Waals surface area contributed by atoms with Gasteiger partial charge in [0.2, 0.25) is 0 Å². The molecule has 0 aliphatic carbocycles. The van der Waals surface area contributed by atoms with Gasteiger partial charge in [-0.25, -0.2) is 8.42 Å². The van der Waals surface area contributed by atoms with Gasteiger partial charge in [-0.1, -0.05) is 0 Å². The van der Waals surface area contributed by atoms with E-state index >= 15 is 0 Å². The number of hydrogen-bond donors (Lipinski definition) is 1. The third-order valence-electron chi connectivity index (χ3n) is 3.67. The second kappa shape index (κ2) is 4.66. The molecule has 2 aliphatic rings. The summed E-state index contributed by atoms with van der Waals surface area (Å²) in [6.45, 7) is 2.34. The molecule has 2 saturated heterocycles. The van der Waals surface area contributed by atoms with Crippen LogP contribution in [-0.4, -0.2) is 60.4 Å². The molecule has 2 heterocycles. The van der Waals surface area contributed by atoms with Crippen LogP contribution in [0.2, 0.25) is 0 Å². The van der Waals surface area contributed by atoms with E-state index in [1.807, 2.05) is 4.90 Å². The average molecular weight is 261 g/mol. The van der Waals surface area contributed by atoms with E-state index in [-0.39, 0.29) is 29.4 Å². The fourth-order valence-electron chi connectivity index (χ4n) is 2.97. The lowest BCUT2D eigenvalue weighted by atomic mass is 10.1. The molecule has 0 saturated carbocycles. The summed E-state index contributed by atoms with van der Waals surface area (Å²) in [5, 5.41) is 9.83. The Balaban J connectivity index is 2.09. The molecule has 0 amide bonds. The van der Waals surface area contributed by atoms with Crippen molar-refractivity contribution < 1.29 is 18.3 Å². The van der Waals surface area contributed by atoms with Gasteiger partial charge in [0.15, 0.2) is 9.84 Å². The van der Waals surface area contributed by atoms with Crippen molar-refractivity contribution in [3.05, 3.63) is 0 Å². The summed E-state index contributed by atoms with van der Waals surface area (Å²) in [6.07, 6.45) is 1.56. The second-order valence-corrected chi connectivity index (χ2v) is 7.31. The van der Waals surface area contributed by atoms with Crippen molar-refractivity contribution in [1.29, 1.82) is 0 Å². The van der Waals surface area contributed by atoms with Gasteiger partial charge in [-0.05, 0) is 26.3 Å². The Kier molecular flexibility index (Phi) is 3.56. The lowest BCUT2D eigenvalue weighted by Crippen LogP contribution is -2.46. The van der Waals surface area contributed by atoms with Crippen molar-refractivity contribution in [1.82, 2.24) is 4.90 Å². The van der Waals surface area contributed by atoms with E-state index in [4.69, 9.17) is 0 Å². The number of ketones is 1. The number of Topliss-reactive ketones (excluding diaryl/α,β-unsaturated/α-hetero) is 1. The zero-order valence-corrected chi connectivity index (χ0v) is 10.8. The normalized spacial score (nSPS) is 37.4. The Morgan fingerprint density at radius 2 is 2.12 bits per heavy atom. The highest BCUT2D eigenvalue weighted by Crippen LogP contribution is 2.28. The maximum absolute atomic E-state index is 11.5. The van der Waals surface area contributed by atoms with Crippen LogP contribution in [0, 0.1) is 0 Å². The van der Waals surface area contributed by atoms with Crippen molar-refractivity contribution in [2.24, 2.45) is 0 Å². The number of aliphatic hydroxyl groups is 1. The van der Waals surface area contributed by atoms with Gasteiger partial charge in [0.05, 0.1) is 23.7 Å². The Morgan fingerprint density at radius 1 is 1.41 bits per heavy atom. The summed E-state index contributed by atoms with van der Waals surface area (Å²) in [4.78, 5) is 13.2. The third-order valence-corrected chi connectivity index (χ3v) is 5.36. The molecule has 2 aliphatic heterocycles. The molecule has 0 spiro atoms. The van der Waals surface area contributed by atoms with Crippen LogP contribution in [0.1, 0.15) is 26.2 Å². The molecule has 17 heavy (non-hydrogen) atoms. The number of nitrogens with zero attached hydrogens (tertiary/aromatic N) is 1. The van der Waals surface area contributed by atoms with Crippen LogP contribution in [0.3, 0.4) is 0 Å². The molecule has 0 bridgehead atoms. The fourth-order valence-corrected chi connectivity index (χ4v) is 4.79. The second-order valence-electron chi connectivity index (χ2n) is 5.15. The van der Waals surface area contributed by atoms with Crippen LogP contribution in [0.4, 0.5) is 0 Å². The minimum Gasteiger partial charge on any atom is -0.390 e. The van der Waals surface area contributed by atoms with Crippen LogP contribution in [0.15, 0.2) is 0 Å². The van der Waals surface area contributed by atoms with E-state index in [0.717, 1.165) is 19.4 Å². The predicted octanol–water partition coefficient (Wildman–Crippen LogP) is -0.412. The highest BCUT2D eigenvalue weighted by atomic mass is 32.2. The Hall–Kier alpha value is -0.460. The summed E-state index contributed by atoms with van der Waals surface area (Å²) in [5.41, 5.74) is 0. The highest BCUT2D eigenvalue weighted by molar-refractivity contribution is 7.91. The molecular formula is C11H19NO4S. The van der Waals surface area contributed by atoms with Gasteiger partial charge in [-0.2, -0.15) is 0 Å². The van der Waals surface area contributed by atoms with E-state index in [1.165, 1.54) is 0 Å². The molecule has 2 rings (SSSR count). The van der Waals surface area contributed by atoms with Crippen molar-refractivity contribution in [2.75, 3.05) is 18.1 Å². The maximum Gasteiger partial charge on any atom is 0.154 e. The summed E-state index contributed by atoms with van der Waals surface area (Å²) in [5.74, 6) is 0.0148. The molecule has 0 aromatic rings. The standard InChI is InChI=1S/C11H19NO4S/c1-8(13)5-9-3-2-4-12(9)10-6-17(15,16)7-11(10)14/h9-11,14H,2-7H2,1H3. The van der Waals surface area contributed by atoms with Crippen LogP contribution < -0.4 is 0 Å². The predicted molar refractivity (Wildman–Crippen MR) is 63.5 cm³/mol. The van der Waals surface area contributed by atoms with Gasteiger partial charge < -0.3 is 5.11 Å². The molecule has 5 nitrogen and oxygen atoms in total. The van der Waals surface area contributed by atoms with E-state index < -0.39 is 15.9 Å². The Labute approximate surface area is 102 Å². The molecule has 1 N–H and O–H groups in total. The quantitative estimate of drug-likeness (QED) is 0.747. The number of likely N-dealkylation sites (tertiary alicyclic amines) is 1. The number of carbonyl (C=O) groups excluding carboxylic acids is 1. The van der Waals surface area contributed by atoms with Crippen molar-refractivity contribution in [3.8, 4) is 0 Å². The monoisotopic (exact) mass is 261 g/mol.